The van der Waals surface area contributed by atoms with E-state index in [4.69, 9.17) is 16.3 Å². The Labute approximate surface area is 205 Å². The van der Waals surface area contributed by atoms with Gasteiger partial charge in [-0.15, -0.1) is 11.8 Å². The summed E-state index contributed by atoms with van der Waals surface area (Å²) >= 11 is 7.98. The lowest BCUT2D eigenvalue weighted by Crippen LogP contribution is -2.06. The Morgan fingerprint density at radius 2 is 1.88 bits per heavy atom. The predicted octanol–water partition coefficient (Wildman–Crippen LogP) is 6.65. The molecule has 1 N–H and O–H groups in total. The van der Waals surface area contributed by atoms with E-state index in [0.29, 0.717) is 41.3 Å². The van der Waals surface area contributed by atoms with Crippen LogP contribution in [0.3, 0.4) is 0 Å². The monoisotopic (exact) mass is 492 g/mol. The van der Waals surface area contributed by atoms with Gasteiger partial charge >= 0.3 is 5.97 Å². The number of ether oxygens (including phenoxy) is 2. The van der Waals surface area contributed by atoms with Crippen LogP contribution >= 0.6 is 23.4 Å². The fraction of sp³-hybridized carbons (Fsp3) is 0.462. The molecular formula is C26H33ClO5S. The Kier molecular flexibility index (Phi) is 11.6. The van der Waals surface area contributed by atoms with Gasteiger partial charge in [0.15, 0.2) is 5.78 Å². The van der Waals surface area contributed by atoms with Crippen LogP contribution in [0.5, 0.6) is 11.5 Å². The Bertz CT molecular complexity index is 945. The van der Waals surface area contributed by atoms with Crippen molar-refractivity contribution in [3.8, 4) is 11.5 Å². The van der Waals surface area contributed by atoms with Crippen LogP contribution in [-0.2, 0) is 22.4 Å². The van der Waals surface area contributed by atoms with E-state index < -0.39 is 0 Å². The molecule has 0 aromatic heterocycles. The number of hydrogen-bond acceptors (Lipinski definition) is 6. The highest BCUT2D eigenvalue weighted by Gasteiger charge is 2.18. The molecule has 5 nitrogen and oxygen atoms in total. The number of hydrogen-bond donors (Lipinski definition) is 1. The van der Waals surface area contributed by atoms with Gasteiger partial charge in [-0.1, -0.05) is 44.4 Å². The average Bonchev–Trinajstić information content (AvgIpc) is 2.80. The molecule has 0 unspecified atom stereocenters. The molecule has 2 aromatic carbocycles. The first-order valence-corrected chi connectivity index (χ1v) is 12.8. The van der Waals surface area contributed by atoms with Crippen molar-refractivity contribution in [3.05, 3.63) is 52.0 Å². The van der Waals surface area contributed by atoms with E-state index >= 15 is 0 Å². The maximum Gasteiger partial charge on any atom is 0.309 e. The van der Waals surface area contributed by atoms with Gasteiger partial charge < -0.3 is 14.6 Å². The van der Waals surface area contributed by atoms with Crippen LogP contribution in [0.25, 0.3) is 0 Å². The minimum Gasteiger partial charge on any atom is -0.507 e. The molecule has 0 saturated carbocycles. The number of thioether (sulfide) groups is 1. The zero-order valence-corrected chi connectivity index (χ0v) is 21.2. The molecule has 0 saturated heterocycles. The molecule has 2 aromatic rings. The molecule has 0 amide bonds. The van der Waals surface area contributed by atoms with Crippen LogP contribution in [0.2, 0.25) is 5.02 Å². The van der Waals surface area contributed by atoms with Gasteiger partial charge in [0.25, 0.3) is 0 Å². The van der Waals surface area contributed by atoms with E-state index in [9.17, 15) is 14.7 Å². The molecular weight excluding hydrogens is 460 g/mol. The molecule has 0 fully saturated rings. The third kappa shape index (κ3) is 8.27. The standard InChI is InChI=1S/C26H33ClO5S/c1-4-6-9-22(28)19-11-12-23(20(8-5-2)26(19)30)32-14-7-15-33-24-13-10-18(16-21(24)27)17-25(29)31-3/h10-13,16,30H,4-9,14-15,17H2,1-3H3. The molecule has 180 valence electrons. The summed E-state index contributed by atoms with van der Waals surface area (Å²) in [7, 11) is 1.37. The number of carbonyl (C=O) groups excluding carboxylic acids is 2. The summed E-state index contributed by atoms with van der Waals surface area (Å²) in [5.74, 6) is 1.18. The highest BCUT2D eigenvalue weighted by molar-refractivity contribution is 7.99. The molecule has 0 heterocycles. The number of phenols is 1. The van der Waals surface area contributed by atoms with Crippen molar-refractivity contribution < 1.29 is 24.2 Å². The minimum atomic E-state index is -0.296. The summed E-state index contributed by atoms with van der Waals surface area (Å²) in [5, 5.41) is 11.3. The zero-order chi connectivity index (χ0) is 24.2. The van der Waals surface area contributed by atoms with E-state index in [0.717, 1.165) is 41.9 Å². The quantitative estimate of drug-likeness (QED) is 0.138. The van der Waals surface area contributed by atoms with Gasteiger partial charge in [0.2, 0.25) is 0 Å². The van der Waals surface area contributed by atoms with Gasteiger partial charge in [0.05, 0.1) is 30.7 Å². The third-order valence-corrected chi connectivity index (χ3v) is 6.76. The summed E-state index contributed by atoms with van der Waals surface area (Å²) in [6.07, 6.45) is 4.68. The predicted molar refractivity (Wildman–Crippen MR) is 134 cm³/mol. The van der Waals surface area contributed by atoms with Crippen molar-refractivity contribution in [2.45, 2.75) is 63.7 Å². The molecule has 0 aliphatic rings. The summed E-state index contributed by atoms with van der Waals surface area (Å²) in [4.78, 5) is 24.8. The summed E-state index contributed by atoms with van der Waals surface area (Å²) < 4.78 is 10.6. The van der Waals surface area contributed by atoms with Crippen molar-refractivity contribution in [3.63, 3.8) is 0 Å². The first kappa shape index (κ1) is 27.1. The normalized spacial score (nSPS) is 10.8. The van der Waals surface area contributed by atoms with E-state index in [2.05, 4.69) is 4.74 Å². The van der Waals surface area contributed by atoms with Crippen LogP contribution in [0.15, 0.2) is 35.2 Å². The number of Topliss-reactive ketones (excluding diaryl/α,β-unsaturated/α-hetero) is 1. The lowest BCUT2D eigenvalue weighted by Gasteiger charge is -2.15. The molecule has 0 radical (unpaired) electrons. The number of ketones is 1. The van der Waals surface area contributed by atoms with Crippen molar-refractivity contribution in [2.24, 2.45) is 0 Å². The third-order valence-electron chi connectivity index (χ3n) is 5.17. The van der Waals surface area contributed by atoms with Crippen LogP contribution < -0.4 is 4.74 Å². The van der Waals surface area contributed by atoms with E-state index in [1.807, 2.05) is 26.0 Å². The van der Waals surface area contributed by atoms with E-state index in [-0.39, 0.29) is 23.9 Å². The smallest absolute Gasteiger partial charge is 0.309 e. The molecule has 7 heteroatoms. The highest BCUT2D eigenvalue weighted by Crippen LogP contribution is 2.34. The SMILES string of the molecule is CCCCC(=O)c1ccc(OCCCSc2ccc(CC(=O)OC)cc2Cl)c(CCC)c1O. The lowest BCUT2D eigenvalue weighted by molar-refractivity contribution is -0.139. The van der Waals surface area contributed by atoms with E-state index in [1.54, 1.807) is 30.0 Å². The number of phenolic OH excluding ortho intramolecular Hbond substituents is 1. The second-order valence-electron chi connectivity index (χ2n) is 7.78. The second-order valence-corrected chi connectivity index (χ2v) is 9.33. The number of halogens is 1. The number of esters is 1. The molecule has 0 aliphatic carbocycles. The van der Waals surface area contributed by atoms with Gasteiger partial charge in [-0.25, -0.2) is 0 Å². The van der Waals surface area contributed by atoms with Crippen LogP contribution in [0.4, 0.5) is 0 Å². The first-order valence-electron chi connectivity index (χ1n) is 11.4. The Morgan fingerprint density at radius 3 is 2.55 bits per heavy atom. The summed E-state index contributed by atoms with van der Waals surface area (Å²) in [5.41, 5.74) is 1.91. The van der Waals surface area contributed by atoms with Gasteiger partial charge in [-0.3, -0.25) is 9.59 Å². The van der Waals surface area contributed by atoms with E-state index in [1.165, 1.54) is 7.11 Å². The average molecular weight is 493 g/mol. The summed E-state index contributed by atoms with van der Waals surface area (Å²) in [6, 6.07) is 9.06. The molecule has 2 rings (SSSR count). The summed E-state index contributed by atoms with van der Waals surface area (Å²) in [6.45, 7) is 4.56. The molecule has 0 bridgehead atoms. The van der Waals surface area contributed by atoms with Crippen molar-refractivity contribution >= 4 is 35.1 Å². The fourth-order valence-electron chi connectivity index (χ4n) is 3.38. The van der Waals surface area contributed by atoms with Crippen molar-refractivity contribution in [1.29, 1.82) is 0 Å². The van der Waals surface area contributed by atoms with Gasteiger partial charge in [0.1, 0.15) is 11.5 Å². The topological polar surface area (TPSA) is 72.8 Å². The lowest BCUT2D eigenvalue weighted by atomic mass is 9.98. The maximum absolute atomic E-state index is 12.4. The maximum atomic E-state index is 12.4. The number of carbonyl (C=O) groups is 2. The van der Waals surface area contributed by atoms with Gasteiger partial charge in [-0.2, -0.15) is 0 Å². The molecule has 33 heavy (non-hydrogen) atoms. The molecule has 0 spiro atoms. The van der Waals surface area contributed by atoms with Crippen LogP contribution in [0, 0.1) is 0 Å². The van der Waals surface area contributed by atoms with Gasteiger partial charge in [-0.05, 0) is 49.1 Å². The number of methoxy groups -OCH3 is 1. The largest absolute Gasteiger partial charge is 0.507 e. The molecule has 0 aliphatic heterocycles. The fourth-order valence-corrected chi connectivity index (χ4v) is 4.58. The second kappa shape index (κ2) is 14.2. The number of benzene rings is 2. The Balaban J connectivity index is 1.91. The Hall–Kier alpha value is -2.18. The minimum absolute atomic E-state index is 0.0239. The van der Waals surface area contributed by atoms with Gasteiger partial charge in [0, 0.05) is 22.6 Å². The van der Waals surface area contributed by atoms with Crippen molar-refractivity contribution in [2.75, 3.05) is 19.5 Å². The van der Waals surface area contributed by atoms with Crippen LogP contribution in [0.1, 0.15) is 67.4 Å². The Morgan fingerprint density at radius 1 is 1.09 bits per heavy atom. The molecule has 0 atom stereocenters. The number of unbranched alkanes of at least 4 members (excludes halogenated alkanes) is 1. The zero-order valence-electron chi connectivity index (χ0n) is 19.6. The van der Waals surface area contributed by atoms with Crippen molar-refractivity contribution in [1.82, 2.24) is 0 Å². The number of aromatic hydroxyl groups is 1. The number of rotatable bonds is 14. The van der Waals surface area contributed by atoms with Crippen LogP contribution in [-0.4, -0.2) is 36.3 Å². The highest BCUT2D eigenvalue weighted by atomic mass is 35.5. The first-order chi connectivity index (χ1) is 15.9.